The van der Waals surface area contributed by atoms with Gasteiger partial charge in [-0.1, -0.05) is 11.6 Å². The number of rotatable bonds is 6. The number of nitrogens with zero attached hydrogens (tertiary/aromatic N) is 4. The Kier molecular flexibility index (Phi) is 5.96. The standard InChI is InChI=1S/C13H21ClN4O3S/c1-11-15-12(14)10-13(16-11)17-4-6-18(7-5-17)22(19,20)9-3-8-21-2/h10H,3-9H2,1-2H3. The molecule has 0 amide bonds. The second-order valence-corrected chi connectivity index (χ2v) is 7.62. The number of anilines is 1. The zero-order valence-electron chi connectivity index (χ0n) is 12.8. The first-order valence-electron chi connectivity index (χ1n) is 7.15. The van der Waals surface area contributed by atoms with Crippen molar-refractivity contribution < 1.29 is 13.2 Å². The number of hydrogen-bond acceptors (Lipinski definition) is 6. The number of piperazine rings is 1. The maximum atomic E-state index is 12.2. The molecule has 0 bridgehead atoms. The molecule has 124 valence electrons. The maximum Gasteiger partial charge on any atom is 0.214 e. The van der Waals surface area contributed by atoms with Gasteiger partial charge < -0.3 is 9.64 Å². The summed E-state index contributed by atoms with van der Waals surface area (Å²) >= 11 is 5.95. The molecule has 1 aromatic rings. The first-order chi connectivity index (χ1) is 10.4. The average molecular weight is 349 g/mol. The average Bonchev–Trinajstić information content (AvgIpc) is 2.46. The third-order valence-electron chi connectivity index (χ3n) is 3.50. The molecule has 0 spiro atoms. The lowest BCUT2D eigenvalue weighted by atomic mass is 10.3. The number of halogens is 1. The summed E-state index contributed by atoms with van der Waals surface area (Å²) in [5, 5.41) is 0.400. The lowest BCUT2D eigenvalue weighted by Crippen LogP contribution is -2.49. The number of methoxy groups -OCH3 is 1. The van der Waals surface area contributed by atoms with Crippen LogP contribution in [0.1, 0.15) is 12.2 Å². The summed E-state index contributed by atoms with van der Waals surface area (Å²) in [6, 6.07) is 1.71. The summed E-state index contributed by atoms with van der Waals surface area (Å²) in [5.74, 6) is 1.48. The number of sulfonamides is 1. The molecule has 1 aromatic heterocycles. The summed E-state index contributed by atoms with van der Waals surface area (Å²) < 4.78 is 30.9. The van der Waals surface area contributed by atoms with Crippen LogP contribution in [0.25, 0.3) is 0 Å². The van der Waals surface area contributed by atoms with Gasteiger partial charge in [0.25, 0.3) is 0 Å². The predicted octanol–water partition coefficient (Wildman–Crippen LogP) is 0.927. The highest BCUT2D eigenvalue weighted by Gasteiger charge is 2.27. The smallest absolute Gasteiger partial charge is 0.214 e. The largest absolute Gasteiger partial charge is 0.385 e. The Morgan fingerprint density at radius 2 is 1.95 bits per heavy atom. The second-order valence-electron chi connectivity index (χ2n) is 5.14. The highest BCUT2D eigenvalue weighted by molar-refractivity contribution is 7.89. The van der Waals surface area contributed by atoms with Crippen molar-refractivity contribution in [2.24, 2.45) is 0 Å². The molecule has 0 saturated carbocycles. The van der Waals surface area contributed by atoms with Gasteiger partial charge in [0.2, 0.25) is 10.0 Å². The molecule has 0 atom stereocenters. The van der Waals surface area contributed by atoms with E-state index in [2.05, 4.69) is 9.97 Å². The lowest BCUT2D eigenvalue weighted by molar-refractivity contribution is 0.199. The van der Waals surface area contributed by atoms with Crippen LogP contribution in [-0.4, -0.2) is 68.3 Å². The molecular formula is C13H21ClN4O3S. The van der Waals surface area contributed by atoms with Gasteiger partial charge in [0.15, 0.2) is 0 Å². The molecule has 9 heteroatoms. The van der Waals surface area contributed by atoms with Crippen molar-refractivity contribution in [1.29, 1.82) is 0 Å². The van der Waals surface area contributed by atoms with E-state index in [4.69, 9.17) is 16.3 Å². The Balaban J connectivity index is 1.95. The zero-order valence-corrected chi connectivity index (χ0v) is 14.4. The van der Waals surface area contributed by atoms with Crippen LogP contribution in [0.5, 0.6) is 0 Å². The molecule has 2 heterocycles. The third-order valence-corrected chi connectivity index (χ3v) is 5.65. The van der Waals surface area contributed by atoms with Crippen molar-refractivity contribution in [3.8, 4) is 0 Å². The third kappa shape index (κ3) is 4.52. The number of ether oxygens (including phenoxy) is 1. The van der Waals surface area contributed by atoms with E-state index < -0.39 is 10.0 Å². The Morgan fingerprint density at radius 1 is 1.27 bits per heavy atom. The quantitative estimate of drug-likeness (QED) is 0.562. The molecule has 0 aliphatic carbocycles. The summed E-state index contributed by atoms with van der Waals surface area (Å²) in [4.78, 5) is 10.4. The summed E-state index contributed by atoms with van der Waals surface area (Å²) in [5.41, 5.74) is 0. The fourth-order valence-electron chi connectivity index (χ4n) is 2.39. The summed E-state index contributed by atoms with van der Waals surface area (Å²) in [6.45, 7) is 4.34. The molecule has 1 fully saturated rings. The molecule has 22 heavy (non-hydrogen) atoms. The zero-order chi connectivity index (χ0) is 16.2. The van der Waals surface area contributed by atoms with Crippen molar-refractivity contribution in [3.05, 3.63) is 17.0 Å². The van der Waals surface area contributed by atoms with Crippen LogP contribution in [0.4, 0.5) is 5.82 Å². The Morgan fingerprint density at radius 3 is 2.55 bits per heavy atom. The van der Waals surface area contributed by atoms with Crippen molar-refractivity contribution in [2.75, 3.05) is 50.5 Å². The fraction of sp³-hybridized carbons (Fsp3) is 0.692. The first kappa shape index (κ1) is 17.4. The lowest BCUT2D eigenvalue weighted by Gasteiger charge is -2.34. The van der Waals surface area contributed by atoms with Crippen LogP contribution >= 0.6 is 11.6 Å². The normalized spacial score (nSPS) is 17.0. The van der Waals surface area contributed by atoms with Gasteiger partial charge in [-0.2, -0.15) is 4.31 Å². The number of aromatic nitrogens is 2. The van der Waals surface area contributed by atoms with Crippen molar-refractivity contribution in [2.45, 2.75) is 13.3 Å². The first-order valence-corrected chi connectivity index (χ1v) is 9.14. The van der Waals surface area contributed by atoms with E-state index in [-0.39, 0.29) is 5.75 Å². The van der Waals surface area contributed by atoms with Gasteiger partial charge in [-0.05, 0) is 13.3 Å². The second kappa shape index (κ2) is 7.54. The van der Waals surface area contributed by atoms with Crippen LogP contribution in [-0.2, 0) is 14.8 Å². The molecule has 0 radical (unpaired) electrons. The van der Waals surface area contributed by atoms with E-state index in [1.165, 1.54) is 4.31 Å². The summed E-state index contributed by atoms with van der Waals surface area (Å²) in [6.07, 6.45) is 0.514. The number of aryl methyl sites for hydroxylation is 1. The van der Waals surface area contributed by atoms with E-state index >= 15 is 0 Å². The van der Waals surface area contributed by atoms with Crippen LogP contribution in [0.15, 0.2) is 6.07 Å². The minimum absolute atomic E-state index is 0.124. The van der Waals surface area contributed by atoms with Crippen molar-refractivity contribution in [1.82, 2.24) is 14.3 Å². The predicted molar refractivity (Wildman–Crippen MR) is 85.8 cm³/mol. The minimum atomic E-state index is -3.21. The van der Waals surface area contributed by atoms with Crippen molar-refractivity contribution >= 4 is 27.4 Å². The molecule has 0 aromatic carbocycles. The SMILES string of the molecule is COCCCS(=O)(=O)N1CCN(c2cc(Cl)nc(C)n2)CC1. The van der Waals surface area contributed by atoms with E-state index in [1.54, 1.807) is 20.1 Å². The van der Waals surface area contributed by atoms with E-state index in [0.717, 1.165) is 5.82 Å². The van der Waals surface area contributed by atoms with Gasteiger partial charge in [-0.15, -0.1) is 0 Å². The minimum Gasteiger partial charge on any atom is -0.385 e. The highest BCUT2D eigenvalue weighted by Crippen LogP contribution is 2.19. The molecule has 0 N–H and O–H groups in total. The molecule has 0 unspecified atom stereocenters. The van der Waals surface area contributed by atoms with E-state index in [9.17, 15) is 8.42 Å². The van der Waals surface area contributed by atoms with Crippen molar-refractivity contribution in [3.63, 3.8) is 0 Å². The van der Waals surface area contributed by atoms with Gasteiger partial charge in [-0.25, -0.2) is 18.4 Å². The van der Waals surface area contributed by atoms with Crippen LogP contribution < -0.4 is 4.90 Å². The van der Waals surface area contributed by atoms with Crippen LogP contribution in [0.3, 0.4) is 0 Å². The Hall–Kier alpha value is -0.960. The van der Waals surface area contributed by atoms with Gasteiger partial charge >= 0.3 is 0 Å². The molecule has 1 aliphatic heterocycles. The maximum absolute atomic E-state index is 12.2. The van der Waals surface area contributed by atoms with Gasteiger partial charge in [0.05, 0.1) is 5.75 Å². The van der Waals surface area contributed by atoms with Crippen LogP contribution in [0, 0.1) is 6.92 Å². The molecular weight excluding hydrogens is 328 g/mol. The number of hydrogen-bond donors (Lipinski definition) is 0. The fourth-order valence-corrected chi connectivity index (χ4v) is 4.07. The summed E-state index contributed by atoms with van der Waals surface area (Å²) in [7, 11) is -1.64. The molecule has 1 saturated heterocycles. The van der Waals surface area contributed by atoms with Gasteiger partial charge in [0, 0.05) is 46.0 Å². The van der Waals surface area contributed by atoms with Gasteiger partial charge in [-0.3, -0.25) is 0 Å². The topological polar surface area (TPSA) is 75.6 Å². The van der Waals surface area contributed by atoms with Crippen LogP contribution in [0.2, 0.25) is 5.15 Å². The van der Waals surface area contributed by atoms with Gasteiger partial charge in [0.1, 0.15) is 16.8 Å². The molecule has 7 nitrogen and oxygen atoms in total. The molecule has 1 aliphatic rings. The van der Waals surface area contributed by atoms with E-state index in [1.807, 2.05) is 4.90 Å². The highest BCUT2D eigenvalue weighted by atomic mass is 35.5. The monoisotopic (exact) mass is 348 g/mol. The Bertz CT molecular complexity index is 583. The van der Waals surface area contributed by atoms with E-state index in [0.29, 0.717) is 50.2 Å². The molecule has 2 rings (SSSR count). The Labute approximate surface area is 136 Å².